The van der Waals surface area contributed by atoms with Gasteiger partial charge in [-0.05, 0) is 25.3 Å². The number of benzene rings is 1. The maximum Gasteiger partial charge on any atom is 0.158 e. The van der Waals surface area contributed by atoms with E-state index in [2.05, 4.69) is 12.1 Å². The van der Waals surface area contributed by atoms with Gasteiger partial charge in [0.25, 0.3) is 0 Å². The zero-order valence-corrected chi connectivity index (χ0v) is 12.7. The van der Waals surface area contributed by atoms with Crippen molar-refractivity contribution in [3.05, 3.63) is 29.8 Å². The number of ether oxygens (including phenoxy) is 1. The van der Waals surface area contributed by atoms with Crippen molar-refractivity contribution in [2.24, 2.45) is 10.8 Å². The number of carbonyl (C=O) groups is 1. The van der Waals surface area contributed by atoms with Gasteiger partial charge >= 0.3 is 0 Å². The maximum atomic E-state index is 12.8. The minimum atomic E-state index is -0.840. The van der Waals surface area contributed by atoms with Crippen molar-refractivity contribution in [1.29, 1.82) is 5.26 Å². The lowest BCUT2D eigenvalue weighted by molar-refractivity contribution is -0.139. The van der Waals surface area contributed by atoms with Crippen molar-refractivity contribution < 1.29 is 9.53 Å². The molecule has 3 nitrogen and oxygen atoms in total. The average Bonchev–Trinajstić information content (AvgIpc) is 2.87. The fourth-order valence-corrected chi connectivity index (χ4v) is 3.87. The molecule has 21 heavy (non-hydrogen) atoms. The first-order chi connectivity index (χ1) is 9.98. The molecule has 3 rings (SSSR count). The van der Waals surface area contributed by atoms with E-state index in [1.807, 2.05) is 32.0 Å². The number of hydrogen-bond donors (Lipinski definition) is 0. The molecule has 3 heteroatoms. The highest BCUT2D eigenvalue weighted by Crippen LogP contribution is 2.49. The van der Waals surface area contributed by atoms with Crippen LogP contribution in [0.5, 0.6) is 5.75 Å². The molecule has 1 fully saturated rings. The predicted octanol–water partition coefficient (Wildman–Crippen LogP) is 3.84. The van der Waals surface area contributed by atoms with Crippen LogP contribution in [0.2, 0.25) is 0 Å². The predicted molar refractivity (Wildman–Crippen MR) is 80.0 cm³/mol. The monoisotopic (exact) mass is 283 g/mol. The molecular formula is C18H21NO2. The molecule has 1 heterocycles. The minimum absolute atomic E-state index is 0.119. The molecule has 0 radical (unpaired) electrons. The standard InChI is InChI=1S/C18H21NO2/c1-17(2)8-5-9-18(12-19,16(17)20)10-13-11-21-15-7-4-3-6-14(13)15/h3-4,6-7,13H,5,8-11H2,1-2H3. The molecule has 2 aliphatic rings. The summed E-state index contributed by atoms with van der Waals surface area (Å²) in [5.41, 5.74) is -0.0801. The number of para-hydroxylation sites is 1. The Morgan fingerprint density at radius 1 is 1.33 bits per heavy atom. The van der Waals surface area contributed by atoms with Crippen LogP contribution in [0.15, 0.2) is 24.3 Å². The van der Waals surface area contributed by atoms with Gasteiger partial charge in [-0.2, -0.15) is 5.26 Å². The number of ketones is 1. The fraction of sp³-hybridized carbons (Fsp3) is 0.556. The summed E-state index contributed by atoms with van der Waals surface area (Å²) in [5, 5.41) is 9.74. The Bertz CT molecular complexity index is 614. The van der Waals surface area contributed by atoms with Crippen LogP contribution >= 0.6 is 0 Å². The Morgan fingerprint density at radius 2 is 2.10 bits per heavy atom. The van der Waals surface area contributed by atoms with E-state index in [4.69, 9.17) is 4.74 Å². The van der Waals surface area contributed by atoms with Gasteiger partial charge in [0.2, 0.25) is 0 Å². The second-order valence-corrected chi connectivity index (χ2v) is 7.01. The molecule has 0 spiro atoms. The normalized spacial score (nSPS) is 30.3. The van der Waals surface area contributed by atoms with Gasteiger partial charge < -0.3 is 4.74 Å². The van der Waals surface area contributed by atoms with Gasteiger partial charge in [0.05, 0.1) is 12.7 Å². The van der Waals surface area contributed by atoms with Crippen LogP contribution in [0.4, 0.5) is 0 Å². The molecule has 0 N–H and O–H groups in total. The summed E-state index contributed by atoms with van der Waals surface area (Å²) in [6.45, 7) is 4.52. The topological polar surface area (TPSA) is 50.1 Å². The second kappa shape index (κ2) is 4.87. The molecule has 0 amide bonds. The number of nitriles is 1. The number of carbonyl (C=O) groups excluding carboxylic acids is 1. The van der Waals surface area contributed by atoms with Gasteiger partial charge in [0.1, 0.15) is 11.2 Å². The van der Waals surface area contributed by atoms with Gasteiger partial charge in [-0.1, -0.05) is 38.5 Å². The summed E-state index contributed by atoms with van der Waals surface area (Å²) < 4.78 is 5.71. The van der Waals surface area contributed by atoms with Gasteiger partial charge in [0.15, 0.2) is 5.78 Å². The minimum Gasteiger partial charge on any atom is -0.493 e. The van der Waals surface area contributed by atoms with Crippen LogP contribution < -0.4 is 4.74 Å². The first-order valence-electron chi connectivity index (χ1n) is 7.66. The van der Waals surface area contributed by atoms with Gasteiger partial charge in [-0.25, -0.2) is 0 Å². The third-order valence-corrected chi connectivity index (χ3v) is 5.06. The summed E-state index contributed by atoms with van der Waals surface area (Å²) in [5.74, 6) is 1.17. The summed E-state index contributed by atoms with van der Waals surface area (Å²) in [6, 6.07) is 10.3. The van der Waals surface area contributed by atoms with E-state index in [0.29, 0.717) is 19.4 Å². The third kappa shape index (κ3) is 2.23. The van der Waals surface area contributed by atoms with E-state index < -0.39 is 5.41 Å². The van der Waals surface area contributed by atoms with Crippen LogP contribution in [-0.4, -0.2) is 12.4 Å². The lowest BCUT2D eigenvalue weighted by atomic mass is 9.60. The highest BCUT2D eigenvalue weighted by atomic mass is 16.5. The molecule has 1 aliphatic heterocycles. The number of rotatable bonds is 2. The zero-order chi connectivity index (χ0) is 15.1. The molecular weight excluding hydrogens is 262 g/mol. The van der Waals surface area contributed by atoms with Crippen molar-refractivity contribution >= 4 is 5.78 Å². The van der Waals surface area contributed by atoms with Crippen molar-refractivity contribution in [3.63, 3.8) is 0 Å². The largest absolute Gasteiger partial charge is 0.493 e. The van der Waals surface area contributed by atoms with E-state index in [-0.39, 0.29) is 17.1 Å². The summed E-state index contributed by atoms with van der Waals surface area (Å²) in [4.78, 5) is 12.8. The van der Waals surface area contributed by atoms with E-state index >= 15 is 0 Å². The molecule has 110 valence electrons. The van der Waals surface area contributed by atoms with E-state index in [0.717, 1.165) is 24.2 Å². The van der Waals surface area contributed by atoms with Crippen molar-refractivity contribution in [3.8, 4) is 11.8 Å². The average molecular weight is 283 g/mol. The molecule has 0 aromatic heterocycles. The highest BCUT2D eigenvalue weighted by molar-refractivity contribution is 5.92. The number of nitrogens with zero attached hydrogens (tertiary/aromatic N) is 1. The van der Waals surface area contributed by atoms with Crippen LogP contribution in [0.3, 0.4) is 0 Å². The van der Waals surface area contributed by atoms with Crippen molar-refractivity contribution in [2.75, 3.05) is 6.61 Å². The molecule has 1 saturated carbocycles. The van der Waals surface area contributed by atoms with E-state index in [1.54, 1.807) is 0 Å². The Morgan fingerprint density at radius 3 is 2.86 bits per heavy atom. The maximum absolute atomic E-state index is 12.8. The van der Waals surface area contributed by atoms with Gasteiger partial charge in [-0.3, -0.25) is 4.79 Å². The summed E-state index contributed by atoms with van der Waals surface area (Å²) in [6.07, 6.45) is 3.10. The van der Waals surface area contributed by atoms with Crippen molar-refractivity contribution in [2.45, 2.75) is 45.4 Å². The van der Waals surface area contributed by atoms with Gasteiger partial charge in [-0.15, -0.1) is 0 Å². The first kappa shape index (κ1) is 14.1. The Balaban J connectivity index is 1.89. The second-order valence-electron chi connectivity index (χ2n) is 7.01. The molecule has 0 saturated heterocycles. The highest BCUT2D eigenvalue weighted by Gasteiger charge is 2.50. The van der Waals surface area contributed by atoms with Crippen molar-refractivity contribution in [1.82, 2.24) is 0 Å². The quantitative estimate of drug-likeness (QED) is 0.828. The molecule has 1 aliphatic carbocycles. The lowest BCUT2D eigenvalue weighted by Crippen LogP contribution is -2.44. The van der Waals surface area contributed by atoms with Crippen LogP contribution in [0, 0.1) is 22.2 Å². The third-order valence-electron chi connectivity index (χ3n) is 5.06. The molecule has 1 aromatic carbocycles. The number of Topliss-reactive ketones (excluding diaryl/α,β-unsaturated/α-hetero) is 1. The summed E-state index contributed by atoms with van der Waals surface area (Å²) >= 11 is 0. The summed E-state index contributed by atoms with van der Waals surface area (Å²) in [7, 11) is 0. The molecule has 0 bridgehead atoms. The zero-order valence-electron chi connectivity index (χ0n) is 12.7. The van der Waals surface area contributed by atoms with E-state index in [9.17, 15) is 10.1 Å². The number of hydrogen-bond acceptors (Lipinski definition) is 3. The first-order valence-corrected chi connectivity index (χ1v) is 7.66. The number of fused-ring (bicyclic) bond motifs is 1. The van der Waals surface area contributed by atoms with Gasteiger partial charge in [0, 0.05) is 16.9 Å². The fourth-order valence-electron chi connectivity index (χ4n) is 3.87. The van der Waals surface area contributed by atoms with Crippen LogP contribution in [0.25, 0.3) is 0 Å². The Hall–Kier alpha value is -1.82. The molecule has 2 atom stereocenters. The smallest absolute Gasteiger partial charge is 0.158 e. The van der Waals surface area contributed by atoms with Crippen LogP contribution in [0.1, 0.15) is 51.0 Å². The Labute approximate surface area is 125 Å². The van der Waals surface area contributed by atoms with Crippen LogP contribution in [-0.2, 0) is 4.79 Å². The lowest BCUT2D eigenvalue weighted by Gasteiger charge is -2.40. The Kier molecular flexibility index (Phi) is 3.28. The molecule has 2 unspecified atom stereocenters. The molecule has 1 aromatic rings. The SMILES string of the molecule is CC1(C)CCCC(C#N)(CC2COc3ccccc32)C1=O. The van der Waals surface area contributed by atoms with E-state index in [1.165, 1.54) is 0 Å².